The number of halogens is 1. The van der Waals surface area contributed by atoms with E-state index in [1.807, 2.05) is 0 Å². The summed E-state index contributed by atoms with van der Waals surface area (Å²) in [5, 5.41) is -0.363. The molecule has 1 aliphatic rings. The van der Waals surface area contributed by atoms with Gasteiger partial charge >= 0.3 is 0 Å². The highest BCUT2D eigenvalue weighted by molar-refractivity contribution is 8.18. The van der Waals surface area contributed by atoms with Crippen molar-refractivity contribution in [3.8, 4) is 11.5 Å². The highest BCUT2D eigenvalue weighted by Gasteiger charge is 2.35. The third-order valence-corrected chi connectivity index (χ3v) is 4.88. The fraction of sp³-hybridized carbons (Fsp3) is 0.143. The Balaban J connectivity index is 1.79. The molecule has 1 fully saturated rings. The number of rotatable bonds is 7. The lowest BCUT2D eigenvalue weighted by atomic mass is 10.1. The molecule has 0 radical (unpaired) electrons. The summed E-state index contributed by atoms with van der Waals surface area (Å²) in [7, 11) is 1.52. The minimum absolute atomic E-state index is 0.0972. The summed E-state index contributed by atoms with van der Waals surface area (Å²) in [6.07, 6.45) is 3.26. The van der Waals surface area contributed by atoms with Crippen molar-refractivity contribution in [3.05, 3.63) is 77.0 Å². The van der Waals surface area contributed by atoms with Crippen LogP contribution in [0.1, 0.15) is 11.1 Å². The summed E-state index contributed by atoms with van der Waals surface area (Å²) in [6, 6.07) is 10.9. The predicted molar refractivity (Wildman–Crippen MR) is 107 cm³/mol. The molecule has 2 aromatic carbocycles. The Kier molecular flexibility index (Phi) is 6.16. The second-order valence-corrected chi connectivity index (χ2v) is 6.90. The van der Waals surface area contributed by atoms with Gasteiger partial charge in [0.15, 0.2) is 11.5 Å². The van der Waals surface area contributed by atoms with Gasteiger partial charge in [0.05, 0.1) is 18.6 Å². The van der Waals surface area contributed by atoms with Crippen LogP contribution in [0.25, 0.3) is 6.08 Å². The fourth-order valence-corrected chi connectivity index (χ4v) is 3.44. The van der Waals surface area contributed by atoms with Gasteiger partial charge in [-0.05, 0) is 53.2 Å². The number of methoxy groups -OCH3 is 1. The molecule has 2 amide bonds. The summed E-state index contributed by atoms with van der Waals surface area (Å²) in [5.74, 6) is 0.322. The molecule has 2 aromatic rings. The maximum absolute atomic E-state index is 13.0. The first-order valence-electron chi connectivity index (χ1n) is 8.43. The third-order valence-electron chi connectivity index (χ3n) is 3.97. The van der Waals surface area contributed by atoms with Gasteiger partial charge < -0.3 is 9.47 Å². The van der Waals surface area contributed by atoms with Gasteiger partial charge in [0, 0.05) is 0 Å². The molecule has 28 heavy (non-hydrogen) atoms. The van der Waals surface area contributed by atoms with E-state index in [1.165, 1.54) is 19.2 Å². The van der Waals surface area contributed by atoms with Gasteiger partial charge in [-0.1, -0.05) is 30.9 Å². The summed E-state index contributed by atoms with van der Waals surface area (Å²) < 4.78 is 23.9. The lowest BCUT2D eigenvalue weighted by molar-refractivity contribution is -0.123. The molecule has 5 nitrogen and oxygen atoms in total. The zero-order valence-electron chi connectivity index (χ0n) is 15.2. The van der Waals surface area contributed by atoms with Crippen molar-refractivity contribution in [2.75, 3.05) is 13.7 Å². The normalized spacial score (nSPS) is 15.2. The van der Waals surface area contributed by atoms with Gasteiger partial charge in [-0.25, -0.2) is 4.39 Å². The molecule has 0 unspecified atom stereocenters. The molecule has 7 heteroatoms. The van der Waals surface area contributed by atoms with Crippen molar-refractivity contribution in [1.29, 1.82) is 0 Å². The van der Waals surface area contributed by atoms with Crippen molar-refractivity contribution in [3.63, 3.8) is 0 Å². The Morgan fingerprint density at radius 2 is 1.89 bits per heavy atom. The van der Waals surface area contributed by atoms with E-state index in [1.54, 1.807) is 42.5 Å². The van der Waals surface area contributed by atoms with Gasteiger partial charge in [0.2, 0.25) is 0 Å². The Hall–Kier alpha value is -3.06. The molecular formula is C21H18FNO4S. The van der Waals surface area contributed by atoms with Crippen LogP contribution in [-0.4, -0.2) is 29.8 Å². The number of nitrogens with zero attached hydrogens (tertiary/aromatic N) is 1. The lowest BCUT2D eigenvalue weighted by Crippen LogP contribution is -2.27. The molecule has 0 aromatic heterocycles. The molecule has 1 heterocycles. The number of ether oxygens (including phenoxy) is 2. The Bertz CT molecular complexity index is 940. The Morgan fingerprint density at radius 3 is 2.57 bits per heavy atom. The van der Waals surface area contributed by atoms with Crippen LogP contribution < -0.4 is 9.47 Å². The molecule has 0 spiro atoms. The topological polar surface area (TPSA) is 55.8 Å². The van der Waals surface area contributed by atoms with E-state index in [0.29, 0.717) is 34.1 Å². The zero-order chi connectivity index (χ0) is 20.1. The predicted octanol–water partition coefficient (Wildman–Crippen LogP) is 4.64. The highest BCUT2D eigenvalue weighted by Crippen LogP contribution is 2.35. The molecule has 3 rings (SSSR count). The largest absolute Gasteiger partial charge is 0.493 e. The summed E-state index contributed by atoms with van der Waals surface area (Å²) in [6.45, 7) is 4.05. The highest BCUT2D eigenvalue weighted by atomic mass is 32.2. The SMILES string of the molecule is C=CCOc1ccc(/C=C2/SC(=O)N(Cc3ccc(F)cc3)C2=O)cc1OC. The smallest absolute Gasteiger partial charge is 0.293 e. The van der Waals surface area contributed by atoms with E-state index in [2.05, 4.69) is 6.58 Å². The van der Waals surface area contributed by atoms with Crippen molar-refractivity contribution in [2.24, 2.45) is 0 Å². The average Bonchev–Trinajstić information content (AvgIpc) is 2.95. The first-order valence-corrected chi connectivity index (χ1v) is 9.25. The maximum Gasteiger partial charge on any atom is 0.293 e. The summed E-state index contributed by atoms with van der Waals surface area (Å²) in [5.41, 5.74) is 1.38. The van der Waals surface area contributed by atoms with Crippen LogP contribution >= 0.6 is 11.8 Å². The van der Waals surface area contributed by atoms with Crippen LogP contribution in [0.4, 0.5) is 9.18 Å². The fourth-order valence-electron chi connectivity index (χ4n) is 2.60. The number of thioether (sulfide) groups is 1. The van der Waals surface area contributed by atoms with Gasteiger partial charge in [0.1, 0.15) is 12.4 Å². The van der Waals surface area contributed by atoms with Gasteiger partial charge in [0.25, 0.3) is 11.1 Å². The minimum Gasteiger partial charge on any atom is -0.493 e. The molecule has 0 saturated carbocycles. The molecule has 0 N–H and O–H groups in total. The minimum atomic E-state index is -0.384. The van der Waals surface area contributed by atoms with Crippen LogP contribution in [0.15, 0.2) is 60.0 Å². The third kappa shape index (κ3) is 4.43. The van der Waals surface area contributed by atoms with Crippen molar-refractivity contribution in [2.45, 2.75) is 6.54 Å². The van der Waals surface area contributed by atoms with Crippen LogP contribution in [-0.2, 0) is 11.3 Å². The van der Waals surface area contributed by atoms with Gasteiger partial charge in [-0.15, -0.1) is 0 Å². The molecule has 1 aliphatic heterocycles. The van der Waals surface area contributed by atoms with Gasteiger partial charge in [-0.2, -0.15) is 0 Å². The van der Waals surface area contributed by atoms with E-state index >= 15 is 0 Å². The second-order valence-electron chi connectivity index (χ2n) is 5.90. The Labute approximate surface area is 166 Å². The molecule has 0 bridgehead atoms. The first kappa shape index (κ1) is 19.7. The number of carbonyl (C=O) groups excluding carboxylic acids is 2. The van der Waals surface area contributed by atoms with Crippen molar-refractivity contribution >= 4 is 29.0 Å². The van der Waals surface area contributed by atoms with E-state index in [0.717, 1.165) is 16.7 Å². The molecular weight excluding hydrogens is 381 g/mol. The average molecular weight is 399 g/mol. The molecule has 144 valence electrons. The van der Waals surface area contributed by atoms with E-state index < -0.39 is 0 Å². The van der Waals surface area contributed by atoms with Crippen LogP contribution in [0, 0.1) is 5.82 Å². The quantitative estimate of drug-likeness (QED) is 0.502. The second kappa shape index (κ2) is 8.75. The monoisotopic (exact) mass is 399 g/mol. The van der Waals surface area contributed by atoms with E-state index in [9.17, 15) is 14.0 Å². The van der Waals surface area contributed by atoms with Crippen LogP contribution in [0.5, 0.6) is 11.5 Å². The van der Waals surface area contributed by atoms with E-state index in [-0.39, 0.29) is 23.5 Å². The number of amides is 2. The number of hydrogen-bond donors (Lipinski definition) is 0. The lowest BCUT2D eigenvalue weighted by Gasteiger charge is -2.12. The number of benzene rings is 2. The standard InChI is InChI=1S/C21H18FNO4S/c1-3-10-27-17-9-6-15(11-18(17)26-2)12-19-20(24)23(21(25)28-19)13-14-4-7-16(22)8-5-14/h3-9,11-12H,1,10,13H2,2H3/b19-12+. The summed E-state index contributed by atoms with van der Waals surface area (Å²) in [4.78, 5) is 26.3. The maximum atomic E-state index is 13.0. The zero-order valence-corrected chi connectivity index (χ0v) is 16.0. The van der Waals surface area contributed by atoms with Crippen molar-refractivity contribution in [1.82, 2.24) is 4.90 Å². The van der Waals surface area contributed by atoms with Crippen LogP contribution in [0.3, 0.4) is 0 Å². The molecule has 0 aliphatic carbocycles. The van der Waals surface area contributed by atoms with Crippen molar-refractivity contribution < 1.29 is 23.5 Å². The van der Waals surface area contributed by atoms with E-state index in [4.69, 9.17) is 9.47 Å². The molecule has 1 saturated heterocycles. The van der Waals surface area contributed by atoms with Gasteiger partial charge in [-0.3, -0.25) is 14.5 Å². The number of imide groups is 1. The first-order chi connectivity index (χ1) is 13.5. The number of carbonyl (C=O) groups is 2. The summed E-state index contributed by atoms with van der Waals surface area (Å²) >= 11 is 0.870. The Morgan fingerprint density at radius 1 is 1.14 bits per heavy atom. The molecule has 0 atom stereocenters. The number of hydrogen-bond acceptors (Lipinski definition) is 5. The van der Waals surface area contributed by atoms with Crippen LogP contribution in [0.2, 0.25) is 0 Å².